The van der Waals surface area contributed by atoms with Gasteiger partial charge in [0.15, 0.2) is 11.5 Å². The Morgan fingerprint density at radius 2 is 2.00 bits per heavy atom. The minimum atomic E-state index is 0.388. The van der Waals surface area contributed by atoms with Crippen molar-refractivity contribution in [2.24, 2.45) is 5.73 Å². The second kappa shape index (κ2) is 6.78. The molecule has 0 bridgehead atoms. The SMILES string of the molecule is COc1ccc(CCNC2CCC(N)C2)cc1OC. The molecule has 2 unspecified atom stereocenters. The van der Waals surface area contributed by atoms with Crippen molar-refractivity contribution < 1.29 is 9.47 Å². The molecule has 1 aliphatic carbocycles. The molecule has 106 valence electrons. The number of methoxy groups -OCH3 is 2. The predicted octanol–water partition coefficient (Wildman–Crippen LogP) is 1.72. The van der Waals surface area contributed by atoms with Crippen LogP contribution in [0.25, 0.3) is 0 Å². The van der Waals surface area contributed by atoms with Crippen LogP contribution in [0.4, 0.5) is 0 Å². The predicted molar refractivity (Wildman–Crippen MR) is 76.9 cm³/mol. The lowest BCUT2D eigenvalue weighted by Crippen LogP contribution is -2.30. The van der Waals surface area contributed by atoms with Gasteiger partial charge in [0.05, 0.1) is 14.2 Å². The zero-order chi connectivity index (χ0) is 13.7. The Labute approximate surface area is 115 Å². The average molecular weight is 264 g/mol. The van der Waals surface area contributed by atoms with Gasteiger partial charge in [-0.2, -0.15) is 0 Å². The first-order valence-electron chi connectivity index (χ1n) is 6.92. The van der Waals surface area contributed by atoms with Crippen molar-refractivity contribution >= 4 is 0 Å². The Kier molecular flexibility index (Phi) is 5.05. The molecule has 4 heteroatoms. The van der Waals surface area contributed by atoms with Gasteiger partial charge in [0.2, 0.25) is 0 Å². The zero-order valence-electron chi connectivity index (χ0n) is 11.8. The topological polar surface area (TPSA) is 56.5 Å². The number of ether oxygens (including phenoxy) is 2. The third-order valence-corrected chi connectivity index (χ3v) is 3.77. The highest BCUT2D eigenvalue weighted by Crippen LogP contribution is 2.27. The number of rotatable bonds is 6. The molecule has 0 aliphatic heterocycles. The molecule has 0 amide bonds. The quantitative estimate of drug-likeness (QED) is 0.821. The van der Waals surface area contributed by atoms with Crippen LogP contribution in [0.2, 0.25) is 0 Å². The first kappa shape index (κ1) is 14.2. The standard InChI is InChI=1S/C15H24N2O2/c1-18-14-6-3-11(9-15(14)19-2)7-8-17-13-5-4-12(16)10-13/h3,6,9,12-13,17H,4-5,7-8,10,16H2,1-2H3. The number of nitrogens with two attached hydrogens (primary N) is 1. The van der Waals surface area contributed by atoms with Gasteiger partial charge in [-0.1, -0.05) is 6.07 Å². The highest BCUT2D eigenvalue weighted by atomic mass is 16.5. The maximum Gasteiger partial charge on any atom is 0.160 e. The molecule has 2 rings (SSSR count). The molecule has 0 radical (unpaired) electrons. The van der Waals surface area contributed by atoms with Crippen molar-refractivity contribution in [3.8, 4) is 11.5 Å². The molecule has 1 aromatic carbocycles. The summed E-state index contributed by atoms with van der Waals surface area (Å²) < 4.78 is 10.5. The first-order valence-corrected chi connectivity index (χ1v) is 6.92. The first-order chi connectivity index (χ1) is 9.22. The summed E-state index contributed by atoms with van der Waals surface area (Å²) in [7, 11) is 3.32. The highest BCUT2D eigenvalue weighted by Gasteiger charge is 2.20. The minimum Gasteiger partial charge on any atom is -0.493 e. The summed E-state index contributed by atoms with van der Waals surface area (Å²) in [5.74, 6) is 1.57. The van der Waals surface area contributed by atoms with Crippen LogP contribution in [0, 0.1) is 0 Å². The zero-order valence-corrected chi connectivity index (χ0v) is 11.8. The number of benzene rings is 1. The molecule has 4 nitrogen and oxygen atoms in total. The minimum absolute atomic E-state index is 0.388. The number of hydrogen-bond acceptors (Lipinski definition) is 4. The van der Waals surface area contributed by atoms with Crippen LogP contribution in [0.5, 0.6) is 11.5 Å². The maximum atomic E-state index is 5.91. The molecule has 1 saturated carbocycles. The number of nitrogens with one attached hydrogen (secondary N) is 1. The van der Waals surface area contributed by atoms with Crippen LogP contribution < -0.4 is 20.5 Å². The van der Waals surface area contributed by atoms with E-state index in [1.807, 2.05) is 12.1 Å². The molecular weight excluding hydrogens is 240 g/mol. The summed E-state index contributed by atoms with van der Waals surface area (Å²) >= 11 is 0. The van der Waals surface area contributed by atoms with Crippen molar-refractivity contribution in [2.45, 2.75) is 37.8 Å². The summed E-state index contributed by atoms with van der Waals surface area (Å²) in [6.07, 6.45) is 4.44. The van der Waals surface area contributed by atoms with Gasteiger partial charge >= 0.3 is 0 Å². The average Bonchev–Trinajstić information content (AvgIpc) is 2.84. The molecule has 1 aliphatic rings. The van der Waals surface area contributed by atoms with E-state index < -0.39 is 0 Å². The Bertz CT molecular complexity index is 409. The molecule has 1 aromatic rings. The van der Waals surface area contributed by atoms with E-state index in [1.165, 1.54) is 12.0 Å². The van der Waals surface area contributed by atoms with Gasteiger partial charge in [0, 0.05) is 12.1 Å². The Balaban J connectivity index is 1.82. The van der Waals surface area contributed by atoms with E-state index >= 15 is 0 Å². The van der Waals surface area contributed by atoms with Crippen LogP contribution in [-0.4, -0.2) is 32.8 Å². The summed E-state index contributed by atoms with van der Waals surface area (Å²) in [5.41, 5.74) is 7.16. The van der Waals surface area contributed by atoms with Crippen LogP contribution in [0.15, 0.2) is 18.2 Å². The second-order valence-electron chi connectivity index (χ2n) is 5.16. The maximum absolute atomic E-state index is 5.91. The molecule has 1 fully saturated rings. The summed E-state index contributed by atoms with van der Waals surface area (Å²) in [5, 5.41) is 3.57. The third-order valence-electron chi connectivity index (χ3n) is 3.77. The van der Waals surface area contributed by atoms with Crippen LogP contribution >= 0.6 is 0 Å². The van der Waals surface area contributed by atoms with Crippen LogP contribution in [-0.2, 0) is 6.42 Å². The third kappa shape index (κ3) is 3.85. The van der Waals surface area contributed by atoms with Crippen LogP contribution in [0.1, 0.15) is 24.8 Å². The Morgan fingerprint density at radius 1 is 1.21 bits per heavy atom. The van der Waals surface area contributed by atoms with E-state index in [4.69, 9.17) is 15.2 Å². The molecule has 2 atom stereocenters. The fraction of sp³-hybridized carbons (Fsp3) is 0.600. The lowest BCUT2D eigenvalue weighted by Gasteiger charge is -2.13. The van der Waals surface area contributed by atoms with E-state index in [1.54, 1.807) is 14.2 Å². The lowest BCUT2D eigenvalue weighted by molar-refractivity contribution is 0.354. The monoisotopic (exact) mass is 264 g/mol. The van der Waals surface area contributed by atoms with E-state index in [0.717, 1.165) is 37.3 Å². The molecule has 0 heterocycles. The van der Waals surface area contributed by atoms with E-state index in [9.17, 15) is 0 Å². The molecule has 0 aromatic heterocycles. The van der Waals surface area contributed by atoms with E-state index in [-0.39, 0.29) is 0 Å². The van der Waals surface area contributed by atoms with Gasteiger partial charge in [0.25, 0.3) is 0 Å². The summed E-state index contributed by atoms with van der Waals surface area (Å²) in [6, 6.07) is 7.07. The molecule has 19 heavy (non-hydrogen) atoms. The molecule has 0 spiro atoms. The lowest BCUT2D eigenvalue weighted by atomic mass is 10.1. The van der Waals surface area contributed by atoms with E-state index in [0.29, 0.717) is 12.1 Å². The van der Waals surface area contributed by atoms with Gasteiger partial charge in [-0.25, -0.2) is 0 Å². The van der Waals surface area contributed by atoms with E-state index in [2.05, 4.69) is 11.4 Å². The highest BCUT2D eigenvalue weighted by molar-refractivity contribution is 5.42. The van der Waals surface area contributed by atoms with Crippen molar-refractivity contribution in [3.63, 3.8) is 0 Å². The largest absolute Gasteiger partial charge is 0.493 e. The summed E-state index contributed by atoms with van der Waals surface area (Å²) in [6.45, 7) is 0.979. The number of hydrogen-bond donors (Lipinski definition) is 2. The van der Waals surface area contributed by atoms with Crippen LogP contribution in [0.3, 0.4) is 0 Å². The molecule has 0 saturated heterocycles. The van der Waals surface area contributed by atoms with Crippen molar-refractivity contribution in [2.75, 3.05) is 20.8 Å². The molecule has 3 N–H and O–H groups in total. The van der Waals surface area contributed by atoms with Gasteiger partial charge in [-0.05, 0) is 49.9 Å². The Morgan fingerprint density at radius 3 is 2.63 bits per heavy atom. The van der Waals surface area contributed by atoms with Gasteiger partial charge in [-0.3, -0.25) is 0 Å². The second-order valence-corrected chi connectivity index (χ2v) is 5.16. The van der Waals surface area contributed by atoms with Gasteiger partial charge in [0.1, 0.15) is 0 Å². The van der Waals surface area contributed by atoms with Crippen molar-refractivity contribution in [1.82, 2.24) is 5.32 Å². The van der Waals surface area contributed by atoms with Gasteiger partial charge in [-0.15, -0.1) is 0 Å². The Hall–Kier alpha value is -1.26. The van der Waals surface area contributed by atoms with Crippen molar-refractivity contribution in [3.05, 3.63) is 23.8 Å². The van der Waals surface area contributed by atoms with Gasteiger partial charge < -0.3 is 20.5 Å². The molecular formula is C15H24N2O2. The van der Waals surface area contributed by atoms with Crippen molar-refractivity contribution in [1.29, 1.82) is 0 Å². The summed E-state index contributed by atoms with van der Waals surface area (Å²) in [4.78, 5) is 0. The normalized spacial score (nSPS) is 22.5. The fourth-order valence-electron chi connectivity index (χ4n) is 2.66. The fourth-order valence-corrected chi connectivity index (χ4v) is 2.66. The smallest absolute Gasteiger partial charge is 0.160 e.